The second kappa shape index (κ2) is 6.84. The third-order valence-electron chi connectivity index (χ3n) is 4.91. The number of aliphatic hydroxyl groups excluding tert-OH is 1. The Balaban J connectivity index is 1.57. The summed E-state index contributed by atoms with van der Waals surface area (Å²) in [5.41, 5.74) is 0.155. The van der Waals surface area contributed by atoms with Crippen LogP contribution in [0.2, 0.25) is 0 Å². The van der Waals surface area contributed by atoms with Crippen LogP contribution in [0.1, 0.15) is 31.3 Å². The number of amides is 1. The normalized spacial score (nSPS) is 28.3. The van der Waals surface area contributed by atoms with Crippen LogP contribution < -0.4 is 5.82 Å². The highest BCUT2D eigenvalue weighted by Crippen LogP contribution is 2.52. The highest BCUT2D eigenvalue weighted by Gasteiger charge is 2.58. The molecule has 0 spiro atoms. The summed E-state index contributed by atoms with van der Waals surface area (Å²) in [6, 6.07) is 0. The minimum Gasteiger partial charge on any atom is -0.453 e. The number of hydrogen-bond donors (Lipinski definition) is 1. The van der Waals surface area contributed by atoms with Crippen molar-refractivity contribution < 1.29 is 33.0 Å². The second-order valence-electron chi connectivity index (χ2n) is 6.71. The molecule has 1 aromatic heterocycles. The van der Waals surface area contributed by atoms with Crippen molar-refractivity contribution in [1.29, 1.82) is 0 Å². The molecule has 146 valence electrons. The minimum atomic E-state index is -0.869. The molecule has 9 nitrogen and oxygen atoms in total. The summed E-state index contributed by atoms with van der Waals surface area (Å²) in [7, 11) is 0. The van der Waals surface area contributed by atoms with Crippen LogP contribution in [0, 0.1) is 12.8 Å². The summed E-state index contributed by atoms with van der Waals surface area (Å²) in [4.78, 5) is 38.4. The standard InChI is InChI=1S/C17H19NO8S/c1-7(19)11-14(20)18-12(13(27-15(11)18)9-4-3-5-23-9)16(21)24-6-10-8(2)25-17(22)26-10/h7,9,11,15,19H,3-6H2,1-2H3/t7-,9-,11+,15-/m0/s1. The second-order valence-corrected chi connectivity index (χ2v) is 7.87. The number of carbonyl (C=O) groups excluding carboxylic acids is 2. The lowest BCUT2D eigenvalue weighted by molar-refractivity contribution is -0.158. The number of carbonyl (C=O) groups is 2. The monoisotopic (exact) mass is 397 g/mol. The quantitative estimate of drug-likeness (QED) is 0.570. The fraction of sp³-hybridized carbons (Fsp3) is 0.588. The topological polar surface area (TPSA) is 119 Å². The number of aliphatic hydroxyl groups is 1. The lowest BCUT2D eigenvalue weighted by Gasteiger charge is -2.43. The van der Waals surface area contributed by atoms with Gasteiger partial charge in [0.2, 0.25) is 5.91 Å². The minimum absolute atomic E-state index is 0.117. The van der Waals surface area contributed by atoms with E-state index < -0.39 is 23.8 Å². The number of rotatable bonds is 5. The lowest BCUT2D eigenvalue weighted by atomic mass is 9.92. The summed E-state index contributed by atoms with van der Waals surface area (Å²) >= 11 is 1.37. The SMILES string of the molecule is Cc1oc(=O)oc1COC(=O)C1=C([C@@H]2CCCO2)S[C@H]2[C@H]([C@H](C)O)C(=O)N12. The maximum atomic E-state index is 12.8. The van der Waals surface area contributed by atoms with E-state index in [1.807, 2.05) is 0 Å². The van der Waals surface area contributed by atoms with Gasteiger partial charge in [-0.25, -0.2) is 9.59 Å². The van der Waals surface area contributed by atoms with E-state index in [2.05, 4.69) is 0 Å². The molecule has 4 heterocycles. The van der Waals surface area contributed by atoms with Crippen molar-refractivity contribution in [2.75, 3.05) is 6.61 Å². The molecule has 1 amide bonds. The van der Waals surface area contributed by atoms with Gasteiger partial charge >= 0.3 is 11.8 Å². The van der Waals surface area contributed by atoms with Crippen LogP contribution in [0.25, 0.3) is 0 Å². The van der Waals surface area contributed by atoms with Crippen molar-refractivity contribution in [1.82, 2.24) is 4.90 Å². The van der Waals surface area contributed by atoms with E-state index in [-0.39, 0.29) is 41.2 Å². The maximum Gasteiger partial charge on any atom is 0.519 e. The van der Waals surface area contributed by atoms with Crippen LogP contribution in [0.15, 0.2) is 24.2 Å². The van der Waals surface area contributed by atoms with Crippen LogP contribution in [0.3, 0.4) is 0 Å². The average Bonchev–Trinajstić information content (AvgIpc) is 3.29. The van der Waals surface area contributed by atoms with Crippen molar-refractivity contribution in [3.63, 3.8) is 0 Å². The molecule has 0 aromatic carbocycles. The van der Waals surface area contributed by atoms with E-state index in [1.165, 1.54) is 23.6 Å². The van der Waals surface area contributed by atoms with Gasteiger partial charge in [0.15, 0.2) is 18.1 Å². The molecule has 0 unspecified atom stereocenters. The van der Waals surface area contributed by atoms with E-state index in [4.69, 9.17) is 18.3 Å². The molecule has 2 saturated heterocycles. The summed E-state index contributed by atoms with van der Waals surface area (Å²) < 4.78 is 20.5. The molecule has 3 aliphatic heterocycles. The largest absolute Gasteiger partial charge is 0.519 e. The van der Waals surface area contributed by atoms with Gasteiger partial charge in [0.1, 0.15) is 11.1 Å². The van der Waals surface area contributed by atoms with Gasteiger partial charge in [0, 0.05) is 11.5 Å². The van der Waals surface area contributed by atoms with Gasteiger partial charge in [-0.2, -0.15) is 0 Å². The zero-order chi connectivity index (χ0) is 19.3. The molecule has 4 atom stereocenters. The zero-order valence-electron chi connectivity index (χ0n) is 14.8. The first-order chi connectivity index (χ1) is 12.9. The van der Waals surface area contributed by atoms with E-state index in [1.54, 1.807) is 6.92 Å². The number of β-lactam (4-membered cyclic amide) rings is 1. The third kappa shape index (κ3) is 3.01. The molecule has 0 radical (unpaired) electrons. The smallest absolute Gasteiger partial charge is 0.453 e. The number of thioether (sulfide) groups is 1. The molecule has 0 saturated carbocycles. The van der Waals surface area contributed by atoms with Crippen LogP contribution in [0.5, 0.6) is 0 Å². The predicted molar refractivity (Wildman–Crippen MR) is 91.2 cm³/mol. The van der Waals surface area contributed by atoms with Gasteiger partial charge in [-0.05, 0) is 26.7 Å². The zero-order valence-corrected chi connectivity index (χ0v) is 15.6. The molecule has 27 heavy (non-hydrogen) atoms. The number of nitrogens with zero attached hydrogens (tertiary/aromatic N) is 1. The van der Waals surface area contributed by atoms with Gasteiger partial charge in [-0.3, -0.25) is 9.69 Å². The van der Waals surface area contributed by atoms with Crippen LogP contribution in [-0.2, 0) is 25.7 Å². The Morgan fingerprint density at radius 1 is 1.41 bits per heavy atom. The summed E-state index contributed by atoms with van der Waals surface area (Å²) in [5.74, 6) is -2.09. The van der Waals surface area contributed by atoms with Crippen LogP contribution in [-0.4, -0.2) is 46.1 Å². The third-order valence-corrected chi connectivity index (χ3v) is 6.37. The first-order valence-corrected chi connectivity index (χ1v) is 9.56. The van der Waals surface area contributed by atoms with Crippen LogP contribution in [0.4, 0.5) is 0 Å². The molecular weight excluding hydrogens is 378 g/mol. The summed E-state index contributed by atoms with van der Waals surface area (Å²) in [6.07, 6.45) is 0.548. The average molecular weight is 397 g/mol. The predicted octanol–water partition coefficient (Wildman–Crippen LogP) is 0.887. The van der Waals surface area contributed by atoms with Gasteiger partial charge < -0.3 is 23.4 Å². The van der Waals surface area contributed by atoms with E-state index in [0.29, 0.717) is 11.5 Å². The fourth-order valence-corrected chi connectivity index (χ4v) is 5.21. The Morgan fingerprint density at radius 3 is 2.78 bits per heavy atom. The maximum absolute atomic E-state index is 12.8. The Labute approximate surface area is 158 Å². The van der Waals surface area contributed by atoms with Crippen LogP contribution >= 0.6 is 11.8 Å². The Hall–Kier alpha value is -2.04. The summed E-state index contributed by atoms with van der Waals surface area (Å²) in [6.45, 7) is 3.40. The lowest BCUT2D eigenvalue weighted by Crippen LogP contribution is -2.60. The molecule has 4 rings (SSSR count). The molecule has 3 aliphatic rings. The molecular formula is C17H19NO8S. The Bertz CT molecular complexity index is 863. The van der Waals surface area contributed by atoms with E-state index >= 15 is 0 Å². The number of aryl methyl sites for hydroxylation is 1. The van der Waals surface area contributed by atoms with Crippen molar-refractivity contribution in [3.8, 4) is 0 Å². The van der Waals surface area contributed by atoms with Crippen molar-refractivity contribution in [2.24, 2.45) is 5.92 Å². The number of hydrogen-bond acceptors (Lipinski definition) is 9. The number of fused-ring (bicyclic) bond motifs is 1. The number of esters is 1. The van der Waals surface area contributed by atoms with Crippen molar-refractivity contribution in [3.05, 3.63) is 32.7 Å². The molecule has 1 N–H and O–H groups in total. The van der Waals surface area contributed by atoms with Crippen molar-refractivity contribution in [2.45, 2.75) is 50.9 Å². The highest BCUT2D eigenvalue weighted by atomic mass is 32.2. The fourth-order valence-electron chi connectivity index (χ4n) is 3.52. The Morgan fingerprint density at radius 2 is 2.19 bits per heavy atom. The molecule has 0 bridgehead atoms. The van der Waals surface area contributed by atoms with Gasteiger partial charge in [-0.15, -0.1) is 0 Å². The molecule has 2 fully saturated rings. The molecule has 0 aliphatic carbocycles. The van der Waals surface area contributed by atoms with Gasteiger partial charge in [0.25, 0.3) is 0 Å². The van der Waals surface area contributed by atoms with Gasteiger partial charge in [-0.1, -0.05) is 11.8 Å². The van der Waals surface area contributed by atoms with Crippen molar-refractivity contribution >= 4 is 23.6 Å². The Kier molecular flexibility index (Phi) is 4.65. The first-order valence-electron chi connectivity index (χ1n) is 8.68. The first kappa shape index (κ1) is 18.3. The van der Waals surface area contributed by atoms with E-state index in [0.717, 1.165) is 12.8 Å². The summed E-state index contributed by atoms with van der Waals surface area (Å²) in [5, 5.41) is 9.53. The number of ether oxygens (including phenoxy) is 2. The highest BCUT2D eigenvalue weighted by molar-refractivity contribution is 8.04. The van der Waals surface area contributed by atoms with E-state index in [9.17, 15) is 19.5 Å². The molecule has 1 aromatic rings. The van der Waals surface area contributed by atoms with Gasteiger partial charge in [0.05, 0.1) is 18.1 Å². The molecule has 10 heteroatoms.